The average molecular weight is 635 g/mol. The number of esters is 1. The summed E-state index contributed by atoms with van der Waals surface area (Å²) in [6, 6.07) is 0. The van der Waals surface area contributed by atoms with Gasteiger partial charge in [0.2, 0.25) is 0 Å². The van der Waals surface area contributed by atoms with E-state index >= 15 is 0 Å². The molecule has 0 aromatic heterocycles. The van der Waals surface area contributed by atoms with Crippen LogP contribution >= 0.6 is 0 Å². The molecular weight excluding hydrogens is 556 g/mol. The van der Waals surface area contributed by atoms with E-state index in [4.69, 9.17) is 9.47 Å². The lowest BCUT2D eigenvalue weighted by molar-refractivity contribution is -0.154. The molecule has 0 fully saturated rings. The first-order chi connectivity index (χ1) is 22.2. The van der Waals surface area contributed by atoms with E-state index in [-0.39, 0.29) is 12.6 Å². The number of carbonyl (C=O) groups excluding carboxylic acids is 1. The van der Waals surface area contributed by atoms with Crippen LogP contribution in [0.5, 0.6) is 0 Å². The van der Waals surface area contributed by atoms with Crippen molar-refractivity contribution in [3.63, 3.8) is 0 Å². The molecule has 0 aliphatic heterocycles. The number of aliphatic hydroxyl groups excluding tert-OH is 1. The molecule has 4 heteroatoms. The molecule has 45 heavy (non-hydrogen) atoms. The second-order valence-electron chi connectivity index (χ2n) is 13.3. The molecule has 0 rings (SSSR count). The Bertz CT molecular complexity index is 629. The first-order valence-corrected chi connectivity index (χ1v) is 19.9. The van der Waals surface area contributed by atoms with Crippen molar-refractivity contribution in [3.8, 4) is 0 Å². The highest BCUT2D eigenvalue weighted by molar-refractivity contribution is 5.69. The van der Waals surface area contributed by atoms with Crippen molar-refractivity contribution < 1.29 is 19.4 Å². The van der Waals surface area contributed by atoms with E-state index < -0.39 is 6.10 Å². The molecule has 0 aliphatic rings. The quantitative estimate of drug-likeness (QED) is 0.0420. The van der Waals surface area contributed by atoms with Gasteiger partial charge < -0.3 is 14.6 Å². The SMILES string of the molecule is CCCC/C=C\CCCCCCCC(=O)OC(CO)COCCCCCCCCCCCC/C=C\CCCCCCCCCC. The van der Waals surface area contributed by atoms with Gasteiger partial charge in [0.05, 0.1) is 13.2 Å². The highest BCUT2D eigenvalue weighted by Crippen LogP contribution is 2.14. The van der Waals surface area contributed by atoms with Crippen molar-refractivity contribution >= 4 is 5.97 Å². The van der Waals surface area contributed by atoms with Gasteiger partial charge in [-0.05, 0) is 57.8 Å². The molecule has 0 aromatic carbocycles. The summed E-state index contributed by atoms with van der Waals surface area (Å²) in [7, 11) is 0. The minimum atomic E-state index is -0.535. The van der Waals surface area contributed by atoms with Crippen LogP contribution in [0.4, 0.5) is 0 Å². The second-order valence-corrected chi connectivity index (χ2v) is 13.3. The molecular formula is C41H78O4. The van der Waals surface area contributed by atoms with Crippen LogP contribution in [0.2, 0.25) is 0 Å². The summed E-state index contributed by atoms with van der Waals surface area (Å²) >= 11 is 0. The third-order valence-electron chi connectivity index (χ3n) is 8.75. The standard InChI is InChI=1S/C41H78O4/c1-3-5-7-9-11-13-15-16-17-18-19-20-21-22-23-24-25-27-29-31-33-35-37-44-39-40(38-42)45-41(43)36-34-32-30-28-26-14-12-10-8-6-4-2/h10,12,18-19,40,42H,3-9,11,13-17,20-39H2,1-2H3/b12-10-,19-18-. The van der Waals surface area contributed by atoms with Gasteiger partial charge in [0, 0.05) is 13.0 Å². The topological polar surface area (TPSA) is 55.8 Å². The third kappa shape index (κ3) is 37.2. The van der Waals surface area contributed by atoms with E-state index in [1.165, 1.54) is 167 Å². The number of hydrogen-bond donors (Lipinski definition) is 1. The molecule has 0 saturated heterocycles. The summed E-state index contributed by atoms with van der Waals surface area (Å²) < 4.78 is 11.1. The van der Waals surface area contributed by atoms with E-state index in [0.717, 1.165) is 19.3 Å². The Labute approximate surface area is 281 Å². The summed E-state index contributed by atoms with van der Waals surface area (Å²) in [4.78, 5) is 12.1. The van der Waals surface area contributed by atoms with Crippen molar-refractivity contribution in [2.75, 3.05) is 19.8 Å². The first-order valence-electron chi connectivity index (χ1n) is 19.9. The Kier molecular flexibility index (Phi) is 38.1. The van der Waals surface area contributed by atoms with Gasteiger partial charge in [-0.2, -0.15) is 0 Å². The lowest BCUT2D eigenvalue weighted by Crippen LogP contribution is -2.27. The molecule has 1 atom stereocenters. The van der Waals surface area contributed by atoms with E-state index in [1.54, 1.807) is 0 Å². The predicted octanol–water partition coefficient (Wildman–Crippen LogP) is 12.8. The van der Waals surface area contributed by atoms with E-state index in [0.29, 0.717) is 19.6 Å². The normalized spacial score (nSPS) is 12.5. The molecule has 0 saturated carbocycles. The Morgan fingerprint density at radius 2 is 0.889 bits per heavy atom. The zero-order valence-corrected chi connectivity index (χ0v) is 30.4. The molecule has 0 bridgehead atoms. The van der Waals surface area contributed by atoms with Gasteiger partial charge in [0.15, 0.2) is 0 Å². The predicted molar refractivity (Wildman–Crippen MR) is 196 cm³/mol. The molecule has 0 aliphatic carbocycles. The van der Waals surface area contributed by atoms with Gasteiger partial charge in [-0.3, -0.25) is 4.79 Å². The van der Waals surface area contributed by atoms with Gasteiger partial charge >= 0.3 is 5.97 Å². The molecule has 0 aromatic rings. The monoisotopic (exact) mass is 635 g/mol. The van der Waals surface area contributed by atoms with Crippen LogP contribution in [0.15, 0.2) is 24.3 Å². The van der Waals surface area contributed by atoms with Crippen molar-refractivity contribution in [1.29, 1.82) is 0 Å². The molecule has 0 heterocycles. The molecule has 0 amide bonds. The number of carbonyl (C=O) groups is 1. The molecule has 266 valence electrons. The molecule has 0 radical (unpaired) electrons. The fraction of sp³-hybridized carbons (Fsp3) is 0.878. The van der Waals surface area contributed by atoms with Crippen LogP contribution in [0.3, 0.4) is 0 Å². The molecule has 1 N–H and O–H groups in total. The van der Waals surface area contributed by atoms with Gasteiger partial charge in [0.25, 0.3) is 0 Å². The van der Waals surface area contributed by atoms with Crippen molar-refractivity contribution in [2.24, 2.45) is 0 Å². The van der Waals surface area contributed by atoms with Gasteiger partial charge in [0.1, 0.15) is 6.10 Å². The van der Waals surface area contributed by atoms with Crippen molar-refractivity contribution in [2.45, 2.75) is 213 Å². The van der Waals surface area contributed by atoms with Crippen LogP contribution in [-0.4, -0.2) is 37.0 Å². The Hall–Kier alpha value is -1.13. The largest absolute Gasteiger partial charge is 0.457 e. The lowest BCUT2D eigenvalue weighted by atomic mass is 10.1. The minimum absolute atomic E-state index is 0.173. The van der Waals surface area contributed by atoms with Crippen molar-refractivity contribution in [3.05, 3.63) is 24.3 Å². The Morgan fingerprint density at radius 3 is 1.33 bits per heavy atom. The zero-order valence-electron chi connectivity index (χ0n) is 30.4. The van der Waals surface area contributed by atoms with E-state index in [2.05, 4.69) is 38.2 Å². The molecule has 1 unspecified atom stereocenters. The number of rotatable bonds is 37. The lowest BCUT2D eigenvalue weighted by Gasteiger charge is -2.15. The number of aliphatic hydroxyl groups is 1. The number of unbranched alkanes of at least 4 members (excludes halogenated alkanes) is 25. The highest BCUT2D eigenvalue weighted by Gasteiger charge is 2.13. The summed E-state index contributed by atoms with van der Waals surface area (Å²) in [5, 5.41) is 9.55. The maximum Gasteiger partial charge on any atom is 0.306 e. The Balaban J connectivity index is 3.38. The van der Waals surface area contributed by atoms with Crippen LogP contribution in [0.25, 0.3) is 0 Å². The van der Waals surface area contributed by atoms with Gasteiger partial charge in [-0.1, -0.05) is 167 Å². The third-order valence-corrected chi connectivity index (χ3v) is 8.75. The van der Waals surface area contributed by atoms with E-state index in [1.807, 2.05) is 0 Å². The number of hydrogen-bond acceptors (Lipinski definition) is 4. The van der Waals surface area contributed by atoms with Crippen molar-refractivity contribution in [1.82, 2.24) is 0 Å². The fourth-order valence-corrected chi connectivity index (χ4v) is 5.72. The zero-order chi connectivity index (χ0) is 32.7. The van der Waals surface area contributed by atoms with Gasteiger partial charge in [-0.25, -0.2) is 0 Å². The molecule has 4 nitrogen and oxygen atoms in total. The van der Waals surface area contributed by atoms with Crippen LogP contribution in [0, 0.1) is 0 Å². The van der Waals surface area contributed by atoms with Crippen LogP contribution < -0.4 is 0 Å². The number of ether oxygens (including phenoxy) is 2. The first kappa shape index (κ1) is 43.9. The fourth-order valence-electron chi connectivity index (χ4n) is 5.72. The second kappa shape index (κ2) is 39.1. The average Bonchev–Trinajstić information content (AvgIpc) is 3.05. The highest BCUT2D eigenvalue weighted by atomic mass is 16.6. The summed E-state index contributed by atoms with van der Waals surface area (Å²) in [6.07, 6.45) is 46.6. The van der Waals surface area contributed by atoms with Crippen LogP contribution in [0.1, 0.15) is 206 Å². The number of allylic oxidation sites excluding steroid dienone is 4. The minimum Gasteiger partial charge on any atom is -0.457 e. The Morgan fingerprint density at radius 1 is 0.511 bits per heavy atom. The summed E-state index contributed by atoms with van der Waals surface area (Å²) in [5.74, 6) is -0.210. The van der Waals surface area contributed by atoms with Gasteiger partial charge in [-0.15, -0.1) is 0 Å². The molecule has 0 spiro atoms. The van der Waals surface area contributed by atoms with Crippen LogP contribution in [-0.2, 0) is 14.3 Å². The maximum atomic E-state index is 12.1. The van der Waals surface area contributed by atoms with E-state index in [9.17, 15) is 9.90 Å². The summed E-state index contributed by atoms with van der Waals surface area (Å²) in [6.45, 7) is 5.31. The maximum absolute atomic E-state index is 12.1. The smallest absolute Gasteiger partial charge is 0.306 e. The summed E-state index contributed by atoms with van der Waals surface area (Å²) in [5.41, 5.74) is 0.